The van der Waals surface area contributed by atoms with Crippen molar-refractivity contribution >= 4 is 39.0 Å². The van der Waals surface area contributed by atoms with Gasteiger partial charge in [-0.15, -0.1) is 0 Å². The Morgan fingerprint density at radius 1 is 0.978 bits per heavy atom. The summed E-state index contributed by atoms with van der Waals surface area (Å²) in [5.74, 6) is 2.93. The first kappa shape index (κ1) is 33.0. The number of benzene rings is 1. The molecule has 1 aromatic heterocycles. The second kappa shape index (κ2) is 12.6. The quantitative estimate of drug-likeness (QED) is 0.431. The maximum absolute atomic E-state index is 11.5. The van der Waals surface area contributed by atoms with Crippen LogP contribution < -0.4 is 25.2 Å². The molecule has 2 unspecified atom stereocenters. The van der Waals surface area contributed by atoms with E-state index < -0.39 is 16.1 Å². The number of carboxylic acid groups (broad SMARTS) is 1. The molecule has 1 saturated heterocycles. The number of sulfonamides is 1. The Hall–Kier alpha value is -2.93. The number of amides is 1. The molecule has 0 radical (unpaired) electrons. The number of aromatic nitrogens is 1. The molecule has 4 N–H and O–H groups in total. The highest BCUT2D eigenvalue weighted by Gasteiger charge is 2.54. The molecule has 1 amide bonds. The largest absolute Gasteiger partial charge is 0.465 e. The van der Waals surface area contributed by atoms with E-state index in [1.807, 2.05) is 36.5 Å². The van der Waals surface area contributed by atoms with E-state index in [0.29, 0.717) is 43.2 Å². The smallest absolute Gasteiger partial charge is 0.411 e. The number of piperazine rings is 1. The first-order valence-corrected chi connectivity index (χ1v) is 18.6. The molecule has 0 spiro atoms. The lowest BCUT2D eigenvalue weighted by Gasteiger charge is -2.59. The Labute approximate surface area is 274 Å². The Bertz CT molecular complexity index is 1490. The molecule has 8 rings (SSSR count). The second-order valence-electron chi connectivity index (χ2n) is 15.2. The van der Waals surface area contributed by atoms with Crippen LogP contribution in [0, 0.1) is 23.2 Å². The number of hydrogen-bond donors (Lipinski definition) is 3. The summed E-state index contributed by atoms with van der Waals surface area (Å²) in [6, 6.07) is 12.1. The number of rotatable bonds is 5. The van der Waals surface area contributed by atoms with Crippen LogP contribution in [0.2, 0.25) is 0 Å². The fourth-order valence-electron chi connectivity index (χ4n) is 8.89. The number of nitrogens with one attached hydrogen (secondary N) is 1. The number of anilines is 4. The zero-order valence-corrected chi connectivity index (χ0v) is 28.5. The van der Waals surface area contributed by atoms with Gasteiger partial charge in [-0.2, -0.15) is 0 Å². The Kier molecular flexibility index (Phi) is 9.03. The van der Waals surface area contributed by atoms with Crippen LogP contribution in [0.1, 0.15) is 52.9 Å². The van der Waals surface area contributed by atoms with E-state index in [2.05, 4.69) is 46.3 Å². The molecular weight excluding hydrogens is 602 g/mol. The molecule has 4 bridgehead atoms. The SMILES string of the molecule is CC(C)(C)N1CCN(c2ccc(N3CCN(C(=O)O)c4ccccc43)nc2)CC1.CS(=O)(=O)NCC12CC3CC(C1)C(N)C(C3)C2. The van der Waals surface area contributed by atoms with Gasteiger partial charge in [0, 0.05) is 57.4 Å². The van der Waals surface area contributed by atoms with Gasteiger partial charge in [-0.1, -0.05) is 12.1 Å². The van der Waals surface area contributed by atoms with Gasteiger partial charge >= 0.3 is 6.09 Å². The van der Waals surface area contributed by atoms with Crippen molar-refractivity contribution in [2.75, 3.05) is 66.8 Å². The zero-order valence-electron chi connectivity index (χ0n) is 27.7. The average Bonchev–Trinajstić information content (AvgIpc) is 3.01. The molecule has 46 heavy (non-hydrogen) atoms. The predicted octanol–water partition coefficient (Wildman–Crippen LogP) is 4.33. The number of nitrogens with two attached hydrogens (primary N) is 1. The molecule has 2 aliphatic heterocycles. The Balaban J connectivity index is 0.000000185. The van der Waals surface area contributed by atoms with Gasteiger partial charge in [-0.05, 0) is 100 Å². The lowest BCUT2D eigenvalue weighted by atomic mass is 9.48. The standard InChI is InChI=1S/C22H29N5O2.C12H22N2O2S/c1-22(2,3)25-12-10-24(11-13-25)17-8-9-20(23-16-17)26-14-15-27(21(28)29)19-7-5-4-6-18(19)26;1-17(15,16)14-7-12-4-8-2-9(5-12)11(13)10(3-8)6-12/h4-9,16H,10-15H2,1-3H3,(H,28,29);8-11,14H,2-7,13H2,1H3. The second-order valence-corrected chi connectivity index (χ2v) is 17.1. The summed E-state index contributed by atoms with van der Waals surface area (Å²) >= 11 is 0. The van der Waals surface area contributed by atoms with Crippen LogP contribution in [0.25, 0.3) is 0 Å². The van der Waals surface area contributed by atoms with Crippen molar-refractivity contribution in [1.82, 2.24) is 14.6 Å². The van der Waals surface area contributed by atoms with Gasteiger partial charge in [0.25, 0.3) is 0 Å². The molecule has 4 saturated carbocycles. The number of fused-ring (bicyclic) bond motifs is 1. The Morgan fingerprint density at radius 2 is 1.63 bits per heavy atom. The molecule has 12 heteroatoms. The highest BCUT2D eigenvalue weighted by atomic mass is 32.2. The first-order chi connectivity index (χ1) is 21.7. The third kappa shape index (κ3) is 7.00. The van der Waals surface area contributed by atoms with Crippen molar-refractivity contribution in [3.63, 3.8) is 0 Å². The molecule has 5 fully saturated rings. The summed E-state index contributed by atoms with van der Waals surface area (Å²) in [5, 5.41) is 9.47. The lowest BCUT2D eigenvalue weighted by Crippen LogP contribution is -2.59. The first-order valence-electron chi connectivity index (χ1n) is 16.7. The van der Waals surface area contributed by atoms with Gasteiger partial charge in [0.1, 0.15) is 5.82 Å². The summed E-state index contributed by atoms with van der Waals surface area (Å²) < 4.78 is 25.2. The lowest BCUT2D eigenvalue weighted by molar-refractivity contribution is -0.0629. The fourth-order valence-corrected chi connectivity index (χ4v) is 9.46. The van der Waals surface area contributed by atoms with Crippen molar-refractivity contribution in [3.05, 3.63) is 42.6 Å². The van der Waals surface area contributed by atoms with Crippen LogP contribution >= 0.6 is 0 Å². The highest BCUT2D eigenvalue weighted by Crippen LogP contribution is 2.59. The van der Waals surface area contributed by atoms with Gasteiger partial charge in [0.15, 0.2) is 0 Å². The van der Waals surface area contributed by atoms with E-state index in [1.165, 1.54) is 30.4 Å². The van der Waals surface area contributed by atoms with E-state index in [-0.39, 0.29) is 11.0 Å². The summed E-state index contributed by atoms with van der Waals surface area (Å²) in [6.45, 7) is 12.5. The van der Waals surface area contributed by atoms with Gasteiger partial charge in [-0.3, -0.25) is 9.80 Å². The van der Waals surface area contributed by atoms with E-state index in [1.54, 1.807) is 0 Å². The molecular formula is C34H51N7O4S. The topological polar surface area (TPSA) is 135 Å². The van der Waals surface area contributed by atoms with Gasteiger partial charge < -0.3 is 20.6 Å². The zero-order chi connectivity index (χ0) is 32.9. The summed E-state index contributed by atoms with van der Waals surface area (Å²) in [6.07, 6.45) is 8.28. The van der Waals surface area contributed by atoms with Crippen molar-refractivity contribution in [2.45, 2.75) is 64.5 Å². The van der Waals surface area contributed by atoms with Crippen LogP contribution in [0.15, 0.2) is 42.6 Å². The number of hydrogen-bond acceptors (Lipinski definition) is 8. The van der Waals surface area contributed by atoms with E-state index in [4.69, 9.17) is 10.7 Å². The van der Waals surface area contributed by atoms with Crippen LogP contribution in [0.4, 0.5) is 27.7 Å². The molecule has 252 valence electrons. The molecule has 1 aromatic carbocycles. The van der Waals surface area contributed by atoms with E-state index >= 15 is 0 Å². The third-order valence-electron chi connectivity index (χ3n) is 11.0. The molecule has 4 aliphatic carbocycles. The number of nitrogens with zero attached hydrogens (tertiary/aromatic N) is 5. The predicted molar refractivity (Wildman–Crippen MR) is 183 cm³/mol. The number of carbonyl (C=O) groups is 1. The van der Waals surface area contributed by atoms with Crippen LogP contribution in [0.3, 0.4) is 0 Å². The minimum absolute atomic E-state index is 0.208. The van der Waals surface area contributed by atoms with Gasteiger partial charge in [0.05, 0.1) is 29.5 Å². The van der Waals surface area contributed by atoms with Crippen molar-refractivity contribution in [2.24, 2.45) is 28.9 Å². The van der Waals surface area contributed by atoms with Crippen molar-refractivity contribution < 1.29 is 18.3 Å². The van der Waals surface area contributed by atoms with Crippen LogP contribution in [-0.2, 0) is 10.0 Å². The average molecular weight is 654 g/mol. The normalized spacial score (nSPS) is 29.3. The van der Waals surface area contributed by atoms with E-state index in [0.717, 1.165) is 62.1 Å². The highest BCUT2D eigenvalue weighted by molar-refractivity contribution is 7.88. The van der Waals surface area contributed by atoms with Gasteiger partial charge in [-0.25, -0.2) is 22.9 Å². The summed E-state index contributed by atoms with van der Waals surface area (Å²) in [7, 11) is -3.06. The molecule has 6 aliphatic rings. The summed E-state index contributed by atoms with van der Waals surface area (Å²) in [4.78, 5) is 24.7. The number of pyridine rings is 1. The minimum atomic E-state index is -3.06. The van der Waals surface area contributed by atoms with Crippen molar-refractivity contribution in [3.8, 4) is 0 Å². The maximum Gasteiger partial charge on any atom is 0.411 e. The molecule has 2 atom stereocenters. The van der Waals surface area contributed by atoms with E-state index in [9.17, 15) is 18.3 Å². The monoisotopic (exact) mass is 653 g/mol. The Morgan fingerprint density at radius 3 is 2.20 bits per heavy atom. The van der Waals surface area contributed by atoms with Gasteiger partial charge in [0.2, 0.25) is 10.0 Å². The maximum atomic E-state index is 11.5. The molecule has 3 heterocycles. The minimum Gasteiger partial charge on any atom is -0.465 e. The van der Waals surface area contributed by atoms with Crippen LogP contribution in [0.5, 0.6) is 0 Å². The molecule has 11 nitrogen and oxygen atoms in total. The van der Waals surface area contributed by atoms with Crippen LogP contribution in [-0.4, -0.2) is 93.2 Å². The molecule has 2 aromatic rings. The fraction of sp³-hybridized carbons (Fsp3) is 0.647. The third-order valence-corrected chi connectivity index (χ3v) is 11.7. The summed E-state index contributed by atoms with van der Waals surface area (Å²) in [5.41, 5.74) is 9.41. The van der Waals surface area contributed by atoms with Crippen molar-refractivity contribution in [1.29, 1.82) is 0 Å². The number of para-hydroxylation sites is 2.